The molecular weight excluding hydrogens is 455 g/mol. The third kappa shape index (κ3) is 5.90. The summed E-state index contributed by atoms with van der Waals surface area (Å²) >= 11 is 0. The molecule has 12 heteroatoms. The van der Waals surface area contributed by atoms with Gasteiger partial charge < -0.3 is 21.1 Å². The predicted molar refractivity (Wildman–Crippen MR) is 118 cm³/mol. The van der Waals surface area contributed by atoms with Gasteiger partial charge in [-0.15, -0.1) is 0 Å². The predicted octanol–water partition coefficient (Wildman–Crippen LogP) is 2.65. The number of fused-ring (bicyclic) bond motifs is 1. The third-order valence-corrected chi connectivity index (χ3v) is 5.21. The number of carboxylic acids is 1. The number of aliphatic carboxylic acids is 1. The van der Waals surface area contributed by atoms with Gasteiger partial charge >= 0.3 is 12.1 Å². The molecule has 0 spiro atoms. The zero-order valence-corrected chi connectivity index (χ0v) is 18.0. The van der Waals surface area contributed by atoms with E-state index in [4.69, 9.17) is 15.6 Å². The van der Waals surface area contributed by atoms with Gasteiger partial charge in [0.05, 0.1) is 17.2 Å². The summed E-state index contributed by atoms with van der Waals surface area (Å²) in [6, 6.07) is 12.8. The standard InChI is InChI=1S/C20H21N5O2.C2HF3O2/c1-24-10-9-14(11-24)20(27)22-15-5-7-16(8-6-15)25-12-13-3-2-4-17(19(21)26)18(13)23-25;3-2(4,5)1(6)7/h2-8,12,14H,9-11H2,1H3,(H2,21,26)(H,22,27);(H,6,7). The Balaban J connectivity index is 0.000000406. The average molecular weight is 477 g/mol. The van der Waals surface area contributed by atoms with E-state index in [9.17, 15) is 22.8 Å². The van der Waals surface area contributed by atoms with Crippen molar-refractivity contribution in [2.45, 2.75) is 12.6 Å². The Labute approximate surface area is 191 Å². The van der Waals surface area contributed by atoms with Crippen LogP contribution in [-0.2, 0) is 9.59 Å². The number of amides is 2. The van der Waals surface area contributed by atoms with E-state index in [1.807, 2.05) is 43.6 Å². The number of rotatable bonds is 4. The van der Waals surface area contributed by atoms with E-state index >= 15 is 0 Å². The second kappa shape index (κ2) is 9.91. The van der Waals surface area contributed by atoms with Gasteiger partial charge in [-0.3, -0.25) is 9.59 Å². The number of nitrogens with zero attached hydrogens (tertiary/aromatic N) is 3. The largest absolute Gasteiger partial charge is 0.490 e. The fourth-order valence-electron chi connectivity index (χ4n) is 3.47. The molecule has 2 aromatic carbocycles. The van der Waals surface area contributed by atoms with Gasteiger partial charge in [0.25, 0.3) is 5.91 Å². The van der Waals surface area contributed by atoms with Crippen LogP contribution in [0, 0.1) is 5.92 Å². The third-order valence-electron chi connectivity index (χ3n) is 5.21. The molecule has 0 aliphatic carbocycles. The molecule has 9 nitrogen and oxygen atoms in total. The number of nitrogens with one attached hydrogen (secondary N) is 1. The van der Waals surface area contributed by atoms with Gasteiger partial charge in [-0.05, 0) is 50.3 Å². The van der Waals surface area contributed by atoms with Crippen molar-refractivity contribution in [3.63, 3.8) is 0 Å². The van der Waals surface area contributed by atoms with Crippen molar-refractivity contribution >= 4 is 34.4 Å². The Morgan fingerprint density at radius 1 is 1.15 bits per heavy atom. The number of hydrogen-bond donors (Lipinski definition) is 3. The van der Waals surface area contributed by atoms with E-state index in [1.54, 1.807) is 16.8 Å². The van der Waals surface area contributed by atoms with Crippen molar-refractivity contribution in [1.29, 1.82) is 0 Å². The number of halogens is 3. The Bertz CT molecular complexity index is 1210. The number of benzene rings is 2. The summed E-state index contributed by atoms with van der Waals surface area (Å²) in [4.78, 5) is 35.0. The summed E-state index contributed by atoms with van der Waals surface area (Å²) < 4.78 is 33.4. The summed E-state index contributed by atoms with van der Waals surface area (Å²) in [5.41, 5.74) is 7.99. The maximum Gasteiger partial charge on any atom is 0.490 e. The molecule has 1 saturated heterocycles. The molecule has 4 N–H and O–H groups in total. The molecule has 1 aromatic heterocycles. The molecule has 0 radical (unpaired) electrons. The SMILES string of the molecule is CN1CCC(C(=O)Nc2ccc(-n3cc4cccc(C(N)=O)c4n3)cc2)C1.O=C(O)C(F)(F)F. The highest BCUT2D eigenvalue weighted by Gasteiger charge is 2.38. The summed E-state index contributed by atoms with van der Waals surface area (Å²) in [6.07, 6.45) is -2.34. The van der Waals surface area contributed by atoms with Crippen molar-refractivity contribution < 1.29 is 32.7 Å². The molecule has 1 aliphatic heterocycles. The van der Waals surface area contributed by atoms with Gasteiger partial charge in [0, 0.05) is 23.8 Å². The van der Waals surface area contributed by atoms with E-state index in [2.05, 4.69) is 15.3 Å². The van der Waals surface area contributed by atoms with Crippen LogP contribution in [0.5, 0.6) is 0 Å². The number of alkyl halides is 3. The van der Waals surface area contributed by atoms with Crippen LogP contribution in [0.3, 0.4) is 0 Å². The smallest absolute Gasteiger partial charge is 0.475 e. The highest BCUT2D eigenvalue weighted by molar-refractivity contribution is 6.04. The van der Waals surface area contributed by atoms with Gasteiger partial charge in [0.1, 0.15) is 5.52 Å². The highest BCUT2D eigenvalue weighted by atomic mass is 19.4. The molecule has 1 aliphatic rings. The number of hydrogen-bond acceptors (Lipinski definition) is 5. The lowest BCUT2D eigenvalue weighted by molar-refractivity contribution is -0.192. The number of carbonyl (C=O) groups is 3. The lowest BCUT2D eigenvalue weighted by Gasteiger charge is -2.11. The van der Waals surface area contributed by atoms with Crippen LogP contribution in [0.25, 0.3) is 16.6 Å². The molecular formula is C22H22F3N5O4. The minimum absolute atomic E-state index is 0.0401. The molecule has 3 aromatic rings. The number of carboxylic acid groups (broad SMARTS) is 1. The zero-order valence-electron chi connectivity index (χ0n) is 18.0. The molecule has 34 heavy (non-hydrogen) atoms. The summed E-state index contributed by atoms with van der Waals surface area (Å²) in [6.45, 7) is 1.75. The van der Waals surface area contributed by atoms with Gasteiger partial charge in [0.15, 0.2) is 0 Å². The lowest BCUT2D eigenvalue weighted by atomic mass is 10.1. The summed E-state index contributed by atoms with van der Waals surface area (Å²) in [5.74, 6) is -3.16. The van der Waals surface area contributed by atoms with Crippen LogP contribution in [-0.4, -0.2) is 63.9 Å². The van der Waals surface area contributed by atoms with Crippen LogP contribution >= 0.6 is 0 Å². The van der Waals surface area contributed by atoms with E-state index in [0.717, 1.165) is 36.3 Å². The lowest BCUT2D eigenvalue weighted by Crippen LogP contribution is -2.25. The first-order chi connectivity index (χ1) is 16.0. The minimum Gasteiger partial charge on any atom is -0.475 e. The Morgan fingerprint density at radius 3 is 2.32 bits per heavy atom. The minimum atomic E-state index is -5.08. The molecule has 0 bridgehead atoms. The van der Waals surface area contributed by atoms with E-state index in [0.29, 0.717) is 11.1 Å². The molecule has 1 fully saturated rings. The molecule has 2 heterocycles. The Morgan fingerprint density at radius 2 is 1.79 bits per heavy atom. The summed E-state index contributed by atoms with van der Waals surface area (Å²) in [5, 5.41) is 15.4. The van der Waals surface area contributed by atoms with Gasteiger partial charge in [-0.25, -0.2) is 9.48 Å². The first-order valence-corrected chi connectivity index (χ1v) is 10.1. The van der Waals surface area contributed by atoms with Crippen LogP contribution in [0.15, 0.2) is 48.7 Å². The van der Waals surface area contributed by atoms with Crippen molar-refractivity contribution in [3.05, 3.63) is 54.2 Å². The summed E-state index contributed by atoms with van der Waals surface area (Å²) in [7, 11) is 2.03. The van der Waals surface area contributed by atoms with Crippen molar-refractivity contribution in [3.8, 4) is 5.69 Å². The molecule has 4 rings (SSSR count). The van der Waals surface area contributed by atoms with E-state index < -0.39 is 18.1 Å². The quantitative estimate of drug-likeness (QED) is 0.530. The molecule has 0 saturated carbocycles. The fourth-order valence-corrected chi connectivity index (χ4v) is 3.47. The van der Waals surface area contributed by atoms with Crippen LogP contribution in [0.4, 0.5) is 18.9 Å². The molecule has 1 atom stereocenters. The highest BCUT2D eigenvalue weighted by Crippen LogP contribution is 2.21. The van der Waals surface area contributed by atoms with Gasteiger partial charge in [-0.1, -0.05) is 12.1 Å². The number of carbonyl (C=O) groups excluding carboxylic acids is 2. The van der Waals surface area contributed by atoms with Crippen molar-refractivity contribution in [2.24, 2.45) is 11.7 Å². The zero-order chi connectivity index (χ0) is 25.0. The molecule has 2 amide bonds. The Kier molecular flexibility index (Phi) is 7.20. The maximum absolute atomic E-state index is 12.3. The number of likely N-dealkylation sites (tertiary alicyclic amines) is 1. The number of primary amides is 1. The fraction of sp³-hybridized carbons (Fsp3) is 0.273. The Hall–Kier alpha value is -3.93. The second-order valence-electron chi connectivity index (χ2n) is 7.77. The van der Waals surface area contributed by atoms with Crippen molar-refractivity contribution in [2.75, 3.05) is 25.5 Å². The molecule has 180 valence electrons. The maximum atomic E-state index is 12.3. The first-order valence-electron chi connectivity index (χ1n) is 10.1. The monoisotopic (exact) mass is 477 g/mol. The average Bonchev–Trinajstić information content (AvgIpc) is 3.40. The van der Waals surface area contributed by atoms with E-state index in [1.165, 1.54) is 0 Å². The number of aromatic nitrogens is 2. The molecule has 1 unspecified atom stereocenters. The van der Waals surface area contributed by atoms with Crippen LogP contribution in [0.1, 0.15) is 16.8 Å². The normalized spacial score (nSPS) is 16.1. The second-order valence-corrected chi connectivity index (χ2v) is 7.77. The van der Waals surface area contributed by atoms with Gasteiger partial charge in [-0.2, -0.15) is 18.3 Å². The van der Waals surface area contributed by atoms with Crippen molar-refractivity contribution in [1.82, 2.24) is 14.7 Å². The number of nitrogens with two attached hydrogens (primary N) is 1. The first kappa shape index (κ1) is 24.7. The van der Waals surface area contributed by atoms with Crippen LogP contribution in [0.2, 0.25) is 0 Å². The van der Waals surface area contributed by atoms with Crippen LogP contribution < -0.4 is 11.1 Å². The van der Waals surface area contributed by atoms with Gasteiger partial charge in [0.2, 0.25) is 5.91 Å². The van der Waals surface area contributed by atoms with E-state index in [-0.39, 0.29) is 11.8 Å². The topological polar surface area (TPSA) is 131 Å². The number of anilines is 1.